The van der Waals surface area contributed by atoms with E-state index in [4.69, 9.17) is 5.11 Å². The Morgan fingerprint density at radius 2 is 2.11 bits per heavy atom. The van der Waals surface area contributed by atoms with Crippen LogP contribution in [-0.2, 0) is 4.79 Å². The minimum atomic E-state index is -0.720. The third kappa shape index (κ3) is 3.70. The van der Waals surface area contributed by atoms with Crippen molar-refractivity contribution in [2.24, 2.45) is 0 Å². The Bertz CT molecular complexity index is 430. The number of rotatable bonds is 4. The Morgan fingerprint density at radius 1 is 1.42 bits per heavy atom. The number of piperazine rings is 1. The van der Waals surface area contributed by atoms with Gasteiger partial charge in [0, 0.05) is 37.3 Å². The molecule has 0 amide bonds. The molecule has 19 heavy (non-hydrogen) atoms. The van der Waals surface area contributed by atoms with E-state index in [0.717, 1.165) is 13.1 Å². The molecule has 0 bridgehead atoms. The second-order valence-corrected chi connectivity index (χ2v) is 5.38. The Balaban J connectivity index is 2.11. The lowest BCUT2D eigenvalue weighted by molar-refractivity contribution is -0.137. The highest BCUT2D eigenvalue weighted by atomic mass is 16.4. The molecule has 0 aromatic heterocycles. The zero-order valence-corrected chi connectivity index (χ0v) is 11.6. The summed E-state index contributed by atoms with van der Waals surface area (Å²) in [6.45, 7) is 6.01. The summed E-state index contributed by atoms with van der Waals surface area (Å²) >= 11 is 0. The van der Waals surface area contributed by atoms with Gasteiger partial charge < -0.3 is 15.3 Å². The lowest BCUT2D eigenvalue weighted by Gasteiger charge is -2.41. The third-order valence-electron chi connectivity index (χ3n) is 3.67. The van der Waals surface area contributed by atoms with Gasteiger partial charge in [-0.25, -0.2) is 0 Å². The van der Waals surface area contributed by atoms with Crippen molar-refractivity contribution >= 4 is 11.7 Å². The summed E-state index contributed by atoms with van der Waals surface area (Å²) < 4.78 is 0. The molecular formula is C15H22N2O2. The number of aryl methyl sites for hydroxylation is 1. The third-order valence-corrected chi connectivity index (χ3v) is 3.67. The van der Waals surface area contributed by atoms with Crippen molar-refractivity contribution in [3.05, 3.63) is 29.8 Å². The van der Waals surface area contributed by atoms with E-state index in [1.165, 1.54) is 11.3 Å². The van der Waals surface area contributed by atoms with Crippen molar-refractivity contribution < 1.29 is 9.90 Å². The van der Waals surface area contributed by atoms with Crippen molar-refractivity contribution in [2.75, 3.05) is 18.0 Å². The molecule has 2 atom stereocenters. The maximum atomic E-state index is 10.8. The Morgan fingerprint density at radius 3 is 2.74 bits per heavy atom. The van der Waals surface area contributed by atoms with Gasteiger partial charge >= 0.3 is 5.97 Å². The molecule has 4 nitrogen and oxygen atoms in total. The molecule has 104 valence electrons. The number of hydrogen-bond acceptors (Lipinski definition) is 3. The number of anilines is 1. The number of carbonyl (C=O) groups is 1. The van der Waals surface area contributed by atoms with Gasteiger partial charge in [0.2, 0.25) is 0 Å². The molecule has 0 aliphatic carbocycles. The fourth-order valence-electron chi connectivity index (χ4n) is 2.56. The summed E-state index contributed by atoms with van der Waals surface area (Å²) in [5.41, 5.74) is 2.43. The van der Waals surface area contributed by atoms with Crippen LogP contribution in [0.3, 0.4) is 0 Å². The normalized spacial score (nSPS) is 23.4. The summed E-state index contributed by atoms with van der Waals surface area (Å²) in [7, 11) is 0. The first-order valence-corrected chi connectivity index (χ1v) is 6.85. The van der Waals surface area contributed by atoms with E-state index in [-0.39, 0.29) is 12.5 Å². The summed E-state index contributed by atoms with van der Waals surface area (Å²) in [6, 6.07) is 9.16. The van der Waals surface area contributed by atoms with Crippen LogP contribution < -0.4 is 10.2 Å². The van der Waals surface area contributed by atoms with Gasteiger partial charge in [0.05, 0.1) is 0 Å². The smallest absolute Gasteiger partial charge is 0.303 e. The van der Waals surface area contributed by atoms with E-state index in [1.807, 2.05) is 0 Å². The van der Waals surface area contributed by atoms with Crippen molar-refractivity contribution in [2.45, 2.75) is 38.8 Å². The van der Waals surface area contributed by atoms with Crippen LogP contribution in [0.1, 0.15) is 25.3 Å². The van der Waals surface area contributed by atoms with Crippen molar-refractivity contribution in [1.82, 2.24) is 5.32 Å². The molecule has 2 rings (SSSR count). The lowest BCUT2D eigenvalue weighted by atomic mass is 10.0. The van der Waals surface area contributed by atoms with E-state index in [9.17, 15) is 4.79 Å². The van der Waals surface area contributed by atoms with Gasteiger partial charge in [-0.05, 0) is 32.4 Å². The Kier molecular flexibility index (Phi) is 4.43. The van der Waals surface area contributed by atoms with Crippen molar-refractivity contribution in [1.29, 1.82) is 0 Å². The van der Waals surface area contributed by atoms with E-state index in [0.29, 0.717) is 12.5 Å². The molecule has 1 saturated heterocycles. The molecule has 1 aromatic carbocycles. The highest BCUT2D eigenvalue weighted by Crippen LogP contribution is 2.22. The molecule has 0 spiro atoms. The zero-order chi connectivity index (χ0) is 13.8. The summed E-state index contributed by atoms with van der Waals surface area (Å²) in [5.74, 6) is -0.720. The van der Waals surface area contributed by atoms with Gasteiger partial charge in [0.25, 0.3) is 0 Å². The predicted octanol–water partition coefficient (Wildman–Crippen LogP) is 2.03. The lowest BCUT2D eigenvalue weighted by Crippen LogP contribution is -2.55. The SMILES string of the molecule is Cc1ccc(N2CC(C)NCC2CCC(=O)O)cc1. The molecule has 1 aromatic rings. The van der Waals surface area contributed by atoms with Crippen LogP contribution in [0, 0.1) is 6.92 Å². The highest BCUT2D eigenvalue weighted by molar-refractivity contribution is 5.66. The standard InChI is InChI=1S/C15H22N2O2/c1-11-3-5-13(6-4-11)17-10-12(2)16-9-14(17)7-8-15(18)19/h3-6,12,14,16H,7-10H2,1-2H3,(H,18,19). The molecular weight excluding hydrogens is 240 g/mol. The van der Waals surface area contributed by atoms with E-state index in [1.54, 1.807) is 0 Å². The van der Waals surface area contributed by atoms with Crippen LogP contribution in [-0.4, -0.2) is 36.2 Å². The van der Waals surface area contributed by atoms with Crippen LogP contribution in [0.2, 0.25) is 0 Å². The molecule has 0 saturated carbocycles. The second kappa shape index (κ2) is 6.06. The molecule has 1 fully saturated rings. The first-order chi connectivity index (χ1) is 9.06. The topological polar surface area (TPSA) is 52.6 Å². The van der Waals surface area contributed by atoms with Crippen LogP contribution in [0.4, 0.5) is 5.69 Å². The molecule has 2 N–H and O–H groups in total. The first-order valence-electron chi connectivity index (χ1n) is 6.85. The molecule has 1 heterocycles. The van der Waals surface area contributed by atoms with E-state index >= 15 is 0 Å². The van der Waals surface area contributed by atoms with Gasteiger partial charge in [-0.2, -0.15) is 0 Å². The number of nitrogens with zero attached hydrogens (tertiary/aromatic N) is 1. The Labute approximate surface area is 114 Å². The number of nitrogens with one attached hydrogen (secondary N) is 1. The van der Waals surface area contributed by atoms with Crippen LogP contribution >= 0.6 is 0 Å². The molecule has 0 radical (unpaired) electrons. The van der Waals surface area contributed by atoms with Gasteiger partial charge in [-0.1, -0.05) is 17.7 Å². The molecule has 4 heteroatoms. The number of benzene rings is 1. The zero-order valence-electron chi connectivity index (χ0n) is 11.6. The molecule has 2 unspecified atom stereocenters. The fourth-order valence-corrected chi connectivity index (χ4v) is 2.56. The molecule has 1 aliphatic heterocycles. The maximum absolute atomic E-state index is 10.8. The van der Waals surface area contributed by atoms with Gasteiger partial charge in [0.1, 0.15) is 0 Å². The van der Waals surface area contributed by atoms with Gasteiger partial charge in [0.15, 0.2) is 0 Å². The quantitative estimate of drug-likeness (QED) is 0.871. The van der Waals surface area contributed by atoms with E-state index < -0.39 is 5.97 Å². The number of hydrogen-bond donors (Lipinski definition) is 2. The Hall–Kier alpha value is -1.55. The van der Waals surface area contributed by atoms with Crippen LogP contribution in [0.5, 0.6) is 0 Å². The monoisotopic (exact) mass is 262 g/mol. The van der Waals surface area contributed by atoms with Crippen molar-refractivity contribution in [3.8, 4) is 0 Å². The van der Waals surface area contributed by atoms with Crippen LogP contribution in [0.15, 0.2) is 24.3 Å². The van der Waals surface area contributed by atoms with Gasteiger partial charge in [-0.15, -0.1) is 0 Å². The first kappa shape index (κ1) is 13.9. The maximum Gasteiger partial charge on any atom is 0.303 e. The number of aliphatic carboxylic acids is 1. The highest BCUT2D eigenvalue weighted by Gasteiger charge is 2.26. The average Bonchev–Trinajstić information content (AvgIpc) is 2.38. The summed E-state index contributed by atoms with van der Waals surface area (Å²) in [4.78, 5) is 13.1. The molecule has 1 aliphatic rings. The second-order valence-electron chi connectivity index (χ2n) is 5.38. The van der Waals surface area contributed by atoms with Crippen molar-refractivity contribution in [3.63, 3.8) is 0 Å². The minimum absolute atomic E-state index is 0.225. The van der Waals surface area contributed by atoms with E-state index in [2.05, 4.69) is 48.3 Å². The minimum Gasteiger partial charge on any atom is -0.481 e. The summed E-state index contributed by atoms with van der Waals surface area (Å²) in [6.07, 6.45) is 0.909. The largest absolute Gasteiger partial charge is 0.481 e. The number of carboxylic acid groups (broad SMARTS) is 1. The predicted molar refractivity (Wildman–Crippen MR) is 76.6 cm³/mol. The number of carboxylic acids is 1. The fraction of sp³-hybridized carbons (Fsp3) is 0.533. The summed E-state index contributed by atoms with van der Waals surface area (Å²) in [5, 5.41) is 12.3. The van der Waals surface area contributed by atoms with Crippen LogP contribution in [0.25, 0.3) is 0 Å². The average molecular weight is 262 g/mol. The van der Waals surface area contributed by atoms with Gasteiger partial charge in [-0.3, -0.25) is 4.79 Å².